The van der Waals surface area contributed by atoms with Crippen LogP contribution in [0.3, 0.4) is 0 Å². The Balaban J connectivity index is 1.32. The van der Waals surface area contributed by atoms with Gasteiger partial charge < -0.3 is 15.0 Å². The van der Waals surface area contributed by atoms with Crippen LogP contribution in [0.2, 0.25) is 0 Å². The van der Waals surface area contributed by atoms with Crippen molar-refractivity contribution in [1.82, 2.24) is 20.2 Å². The van der Waals surface area contributed by atoms with Gasteiger partial charge in [0.15, 0.2) is 0 Å². The third-order valence-corrected chi connectivity index (χ3v) is 4.72. The van der Waals surface area contributed by atoms with Gasteiger partial charge in [-0.1, -0.05) is 18.2 Å². The average molecular weight is 369 g/mol. The number of hydrogen-bond acceptors (Lipinski definition) is 6. The number of piperazine rings is 1. The van der Waals surface area contributed by atoms with Crippen LogP contribution in [-0.2, 0) is 11.2 Å². The van der Waals surface area contributed by atoms with Crippen molar-refractivity contribution in [2.24, 2.45) is 0 Å². The summed E-state index contributed by atoms with van der Waals surface area (Å²) < 4.78 is 5.29. The number of methoxy groups -OCH3 is 1. The maximum atomic E-state index is 12.1. The molecule has 27 heavy (non-hydrogen) atoms. The lowest BCUT2D eigenvalue weighted by atomic mass is 10.1. The molecule has 0 spiro atoms. The van der Waals surface area contributed by atoms with Crippen LogP contribution in [-0.4, -0.2) is 67.2 Å². The fourth-order valence-corrected chi connectivity index (χ4v) is 3.24. The molecule has 0 aliphatic carbocycles. The van der Waals surface area contributed by atoms with E-state index in [1.54, 1.807) is 19.5 Å². The van der Waals surface area contributed by atoms with E-state index in [-0.39, 0.29) is 5.91 Å². The van der Waals surface area contributed by atoms with Crippen LogP contribution in [0, 0.1) is 0 Å². The topological polar surface area (TPSA) is 70.6 Å². The molecule has 0 unspecified atom stereocenters. The van der Waals surface area contributed by atoms with Crippen LogP contribution >= 0.6 is 0 Å². The lowest BCUT2D eigenvalue weighted by Crippen LogP contribution is -2.47. The van der Waals surface area contributed by atoms with Crippen molar-refractivity contribution < 1.29 is 9.53 Å². The van der Waals surface area contributed by atoms with Crippen molar-refractivity contribution in [3.05, 3.63) is 48.3 Å². The van der Waals surface area contributed by atoms with Gasteiger partial charge in [0.1, 0.15) is 5.75 Å². The molecule has 1 aliphatic rings. The zero-order chi connectivity index (χ0) is 18.9. The van der Waals surface area contributed by atoms with Crippen LogP contribution in [0.15, 0.2) is 42.7 Å². The van der Waals surface area contributed by atoms with E-state index in [9.17, 15) is 4.79 Å². The summed E-state index contributed by atoms with van der Waals surface area (Å²) in [7, 11) is 1.63. The molecular formula is C20H27N5O2. The standard InChI is InChI=1S/C20H27N5O2/c1-27-18-7-3-2-6-17(18)16-19(26)21-10-5-11-24-12-14-25(15-13-24)20-22-8-4-9-23-20/h2-4,6-9H,5,10-16H2,1H3,(H,21,26). The lowest BCUT2D eigenvalue weighted by molar-refractivity contribution is -0.120. The number of para-hydroxylation sites is 1. The molecule has 1 fully saturated rings. The number of ether oxygens (including phenoxy) is 1. The minimum absolute atomic E-state index is 0.0329. The number of anilines is 1. The van der Waals surface area contributed by atoms with Crippen LogP contribution < -0.4 is 15.0 Å². The van der Waals surface area contributed by atoms with Crippen molar-refractivity contribution in [2.45, 2.75) is 12.8 Å². The molecule has 0 bridgehead atoms. The Bertz CT molecular complexity index is 717. The highest BCUT2D eigenvalue weighted by molar-refractivity contribution is 5.79. The number of amides is 1. The molecule has 1 aromatic carbocycles. The van der Waals surface area contributed by atoms with Crippen LogP contribution in [0.25, 0.3) is 0 Å². The van der Waals surface area contributed by atoms with E-state index in [1.807, 2.05) is 30.3 Å². The molecule has 7 heteroatoms. The van der Waals surface area contributed by atoms with E-state index in [0.717, 1.165) is 56.4 Å². The second-order valence-corrected chi connectivity index (χ2v) is 6.57. The van der Waals surface area contributed by atoms with Crippen molar-refractivity contribution >= 4 is 11.9 Å². The number of rotatable bonds is 8. The Morgan fingerprint density at radius 3 is 2.59 bits per heavy atom. The van der Waals surface area contributed by atoms with Gasteiger partial charge in [0.2, 0.25) is 11.9 Å². The van der Waals surface area contributed by atoms with Gasteiger partial charge in [0.05, 0.1) is 13.5 Å². The fraction of sp³-hybridized carbons (Fsp3) is 0.450. The largest absolute Gasteiger partial charge is 0.496 e. The van der Waals surface area contributed by atoms with Gasteiger partial charge in [-0.05, 0) is 25.1 Å². The molecule has 0 saturated carbocycles. The molecular weight excluding hydrogens is 342 g/mol. The maximum Gasteiger partial charge on any atom is 0.225 e. The Labute approximate surface area is 160 Å². The Morgan fingerprint density at radius 1 is 1.11 bits per heavy atom. The number of hydrogen-bond donors (Lipinski definition) is 1. The van der Waals surface area contributed by atoms with E-state index in [1.165, 1.54) is 0 Å². The smallest absolute Gasteiger partial charge is 0.225 e. The molecule has 2 heterocycles. The second kappa shape index (κ2) is 9.87. The third-order valence-electron chi connectivity index (χ3n) is 4.72. The van der Waals surface area contributed by atoms with Gasteiger partial charge in [-0.25, -0.2) is 9.97 Å². The van der Waals surface area contributed by atoms with Gasteiger partial charge >= 0.3 is 0 Å². The van der Waals surface area contributed by atoms with E-state index >= 15 is 0 Å². The van der Waals surface area contributed by atoms with E-state index in [2.05, 4.69) is 25.1 Å². The van der Waals surface area contributed by atoms with Crippen molar-refractivity contribution in [3.63, 3.8) is 0 Å². The van der Waals surface area contributed by atoms with Crippen LogP contribution in [0.4, 0.5) is 5.95 Å². The first-order valence-electron chi connectivity index (χ1n) is 9.39. The number of aromatic nitrogens is 2. The first kappa shape index (κ1) is 19.1. The van der Waals surface area contributed by atoms with Crippen LogP contribution in [0.1, 0.15) is 12.0 Å². The normalized spacial score (nSPS) is 14.8. The fourth-order valence-electron chi connectivity index (χ4n) is 3.24. The molecule has 1 saturated heterocycles. The highest BCUT2D eigenvalue weighted by Crippen LogP contribution is 2.17. The monoisotopic (exact) mass is 369 g/mol. The summed E-state index contributed by atoms with van der Waals surface area (Å²) in [6.07, 6.45) is 4.85. The second-order valence-electron chi connectivity index (χ2n) is 6.57. The summed E-state index contributed by atoms with van der Waals surface area (Å²) in [5, 5.41) is 3.01. The molecule has 1 aliphatic heterocycles. The third kappa shape index (κ3) is 5.65. The average Bonchev–Trinajstić information content (AvgIpc) is 2.73. The number of carbonyl (C=O) groups excluding carboxylic acids is 1. The highest BCUT2D eigenvalue weighted by Gasteiger charge is 2.18. The van der Waals surface area contributed by atoms with Crippen molar-refractivity contribution in [1.29, 1.82) is 0 Å². The Morgan fingerprint density at radius 2 is 1.85 bits per heavy atom. The predicted octanol–water partition coefficient (Wildman–Crippen LogP) is 1.36. The summed E-state index contributed by atoms with van der Waals surface area (Å²) in [5.74, 6) is 1.60. The first-order chi connectivity index (χ1) is 13.3. The quantitative estimate of drug-likeness (QED) is 0.709. The molecule has 1 amide bonds. The summed E-state index contributed by atoms with van der Waals surface area (Å²) in [5.41, 5.74) is 0.914. The molecule has 3 rings (SSSR count). The molecule has 1 N–H and O–H groups in total. The van der Waals surface area contributed by atoms with E-state index in [4.69, 9.17) is 4.74 Å². The molecule has 0 atom stereocenters. The minimum Gasteiger partial charge on any atom is -0.496 e. The molecule has 144 valence electrons. The molecule has 0 radical (unpaired) electrons. The lowest BCUT2D eigenvalue weighted by Gasteiger charge is -2.34. The Kier molecular flexibility index (Phi) is 6.98. The number of nitrogens with one attached hydrogen (secondary N) is 1. The number of benzene rings is 1. The summed E-state index contributed by atoms with van der Waals surface area (Å²) in [6, 6.07) is 9.47. The summed E-state index contributed by atoms with van der Waals surface area (Å²) in [6.45, 7) is 5.53. The number of nitrogens with zero attached hydrogens (tertiary/aromatic N) is 4. The molecule has 2 aromatic rings. The zero-order valence-corrected chi connectivity index (χ0v) is 15.8. The SMILES string of the molecule is COc1ccccc1CC(=O)NCCCN1CCN(c2ncccn2)CC1. The first-order valence-corrected chi connectivity index (χ1v) is 9.39. The van der Waals surface area contributed by atoms with Gasteiger partial charge in [-0.2, -0.15) is 0 Å². The molecule has 1 aromatic heterocycles. The van der Waals surface area contributed by atoms with Crippen molar-refractivity contribution in [3.8, 4) is 5.75 Å². The Hall–Kier alpha value is -2.67. The summed E-state index contributed by atoms with van der Waals surface area (Å²) >= 11 is 0. The zero-order valence-electron chi connectivity index (χ0n) is 15.8. The van der Waals surface area contributed by atoms with Crippen molar-refractivity contribution in [2.75, 3.05) is 51.3 Å². The van der Waals surface area contributed by atoms with Gasteiger partial charge in [0, 0.05) is 50.7 Å². The predicted molar refractivity (Wildman–Crippen MR) is 105 cm³/mol. The molecule has 7 nitrogen and oxygen atoms in total. The highest BCUT2D eigenvalue weighted by atomic mass is 16.5. The number of carbonyl (C=O) groups is 1. The van der Waals surface area contributed by atoms with E-state index in [0.29, 0.717) is 13.0 Å². The van der Waals surface area contributed by atoms with Gasteiger partial charge in [0.25, 0.3) is 0 Å². The van der Waals surface area contributed by atoms with Gasteiger partial charge in [-0.3, -0.25) is 9.69 Å². The van der Waals surface area contributed by atoms with E-state index < -0.39 is 0 Å². The summed E-state index contributed by atoms with van der Waals surface area (Å²) in [4.78, 5) is 25.4. The van der Waals surface area contributed by atoms with Gasteiger partial charge in [-0.15, -0.1) is 0 Å². The maximum absolute atomic E-state index is 12.1. The van der Waals surface area contributed by atoms with Crippen LogP contribution in [0.5, 0.6) is 5.75 Å². The minimum atomic E-state index is 0.0329.